The van der Waals surface area contributed by atoms with E-state index in [2.05, 4.69) is 4.98 Å². The molecule has 112 valence electrons. The molecule has 1 saturated heterocycles. The maximum atomic E-state index is 12.3. The highest BCUT2D eigenvalue weighted by atomic mass is 19.4. The molecule has 2 rings (SSSR count). The Labute approximate surface area is 116 Å². The van der Waals surface area contributed by atoms with Gasteiger partial charge >= 0.3 is 6.18 Å². The van der Waals surface area contributed by atoms with Crippen molar-refractivity contribution in [2.24, 2.45) is 5.73 Å². The van der Waals surface area contributed by atoms with Crippen LogP contribution in [0.3, 0.4) is 0 Å². The average Bonchev–Trinajstić information content (AvgIpc) is 2.38. The molecule has 2 N–H and O–H groups in total. The fourth-order valence-corrected chi connectivity index (χ4v) is 2.40. The zero-order chi connectivity index (χ0) is 14.8. The molecule has 0 aliphatic carbocycles. The summed E-state index contributed by atoms with van der Waals surface area (Å²) in [5.74, 6) is 0.786. The molecular formula is C13H19F3N4. The quantitative estimate of drug-likeness (QED) is 0.921. The molecule has 0 radical (unpaired) electrons. The molecule has 1 fully saturated rings. The first-order valence-electron chi connectivity index (χ1n) is 6.61. The zero-order valence-corrected chi connectivity index (χ0v) is 11.4. The largest absolute Gasteiger partial charge is 0.401 e. The van der Waals surface area contributed by atoms with Crippen molar-refractivity contribution in [1.82, 2.24) is 9.88 Å². The Morgan fingerprint density at radius 1 is 1.30 bits per heavy atom. The Hall–Kier alpha value is -1.34. The Morgan fingerprint density at radius 3 is 2.50 bits per heavy atom. The first-order chi connectivity index (χ1) is 9.37. The summed E-state index contributed by atoms with van der Waals surface area (Å²) < 4.78 is 37.0. The van der Waals surface area contributed by atoms with Crippen molar-refractivity contribution >= 4 is 5.82 Å². The topological polar surface area (TPSA) is 45.4 Å². The third-order valence-corrected chi connectivity index (χ3v) is 3.38. The van der Waals surface area contributed by atoms with Crippen molar-refractivity contribution in [3.63, 3.8) is 0 Å². The molecule has 20 heavy (non-hydrogen) atoms. The van der Waals surface area contributed by atoms with Crippen LogP contribution in [0, 0.1) is 0 Å². The van der Waals surface area contributed by atoms with Crippen molar-refractivity contribution in [2.45, 2.75) is 19.1 Å². The number of piperazine rings is 1. The lowest BCUT2D eigenvalue weighted by Gasteiger charge is -2.36. The van der Waals surface area contributed by atoms with E-state index in [0.717, 1.165) is 11.4 Å². The molecule has 0 unspecified atom stereocenters. The number of rotatable bonds is 3. The summed E-state index contributed by atoms with van der Waals surface area (Å²) in [7, 11) is 0. The van der Waals surface area contributed by atoms with Crippen LogP contribution in [0.25, 0.3) is 0 Å². The third-order valence-electron chi connectivity index (χ3n) is 3.38. The van der Waals surface area contributed by atoms with E-state index in [1.54, 1.807) is 6.20 Å². The van der Waals surface area contributed by atoms with Gasteiger partial charge in [0.2, 0.25) is 0 Å². The lowest BCUT2D eigenvalue weighted by atomic mass is 10.1. The molecule has 1 aromatic heterocycles. The predicted molar refractivity (Wildman–Crippen MR) is 71.5 cm³/mol. The number of hydrogen-bond acceptors (Lipinski definition) is 4. The third kappa shape index (κ3) is 3.83. The van der Waals surface area contributed by atoms with Gasteiger partial charge in [-0.1, -0.05) is 6.07 Å². The van der Waals surface area contributed by atoms with Crippen LogP contribution in [-0.2, 0) is 0 Å². The van der Waals surface area contributed by atoms with E-state index in [-0.39, 0.29) is 6.04 Å². The van der Waals surface area contributed by atoms with Crippen molar-refractivity contribution in [3.8, 4) is 0 Å². The van der Waals surface area contributed by atoms with E-state index in [0.29, 0.717) is 26.2 Å². The van der Waals surface area contributed by atoms with Gasteiger partial charge in [0.05, 0.1) is 6.54 Å². The van der Waals surface area contributed by atoms with E-state index < -0.39 is 12.7 Å². The number of halogens is 3. The average molecular weight is 288 g/mol. The number of alkyl halides is 3. The molecule has 7 heteroatoms. The van der Waals surface area contributed by atoms with Crippen LogP contribution < -0.4 is 10.6 Å². The van der Waals surface area contributed by atoms with Gasteiger partial charge in [-0.2, -0.15) is 13.2 Å². The van der Waals surface area contributed by atoms with E-state index in [1.807, 2.05) is 24.0 Å². The first kappa shape index (κ1) is 15.1. The fourth-order valence-electron chi connectivity index (χ4n) is 2.40. The maximum Gasteiger partial charge on any atom is 0.401 e. The molecule has 0 amide bonds. The van der Waals surface area contributed by atoms with Crippen LogP contribution in [0.15, 0.2) is 18.3 Å². The monoisotopic (exact) mass is 288 g/mol. The molecule has 1 aromatic rings. The smallest absolute Gasteiger partial charge is 0.354 e. The van der Waals surface area contributed by atoms with Crippen LogP contribution in [0.4, 0.5) is 19.0 Å². The highest BCUT2D eigenvalue weighted by Crippen LogP contribution is 2.24. The maximum absolute atomic E-state index is 12.3. The minimum Gasteiger partial charge on any atom is -0.354 e. The normalized spacial score (nSPS) is 19.1. The molecule has 0 bridgehead atoms. The zero-order valence-electron chi connectivity index (χ0n) is 11.4. The SMILES string of the molecule is C[C@@H](N)c1cccnc1N1CCN(CC(F)(F)F)CC1. The summed E-state index contributed by atoms with van der Waals surface area (Å²) in [6, 6.07) is 3.59. The summed E-state index contributed by atoms with van der Waals surface area (Å²) in [4.78, 5) is 7.76. The number of anilines is 1. The van der Waals surface area contributed by atoms with Crippen molar-refractivity contribution < 1.29 is 13.2 Å². The predicted octanol–water partition coefficient (Wildman–Crippen LogP) is 1.79. The summed E-state index contributed by atoms with van der Waals surface area (Å²) in [5.41, 5.74) is 6.83. The van der Waals surface area contributed by atoms with Gasteiger partial charge in [-0.3, -0.25) is 4.90 Å². The van der Waals surface area contributed by atoms with Gasteiger partial charge in [0, 0.05) is 44.0 Å². The molecule has 4 nitrogen and oxygen atoms in total. The van der Waals surface area contributed by atoms with Crippen molar-refractivity contribution in [3.05, 3.63) is 23.9 Å². The summed E-state index contributed by atoms with van der Waals surface area (Å²) in [5, 5.41) is 0. The Kier molecular flexibility index (Phi) is 4.49. The van der Waals surface area contributed by atoms with Crippen LogP contribution in [-0.4, -0.2) is 48.8 Å². The van der Waals surface area contributed by atoms with Gasteiger partial charge in [0.1, 0.15) is 5.82 Å². The molecule has 1 aliphatic heterocycles. The molecule has 0 saturated carbocycles. The van der Waals surface area contributed by atoms with E-state index in [4.69, 9.17) is 5.73 Å². The van der Waals surface area contributed by atoms with E-state index in [1.165, 1.54) is 4.90 Å². The molecule has 0 aromatic carbocycles. The Balaban J connectivity index is 2.01. The number of hydrogen-bond donors (Lipinski definition) is 1. The van der Waals surface area contributed by atoms with Gasteiger partial charge in [-0.25, -0.2) is 4.98 Å². The summed E-state index contributed by atoms with van der Waals surface area (Å²) >= 11 is 0. The minimum absolute atomic E-state index is 0.146. The lowest BCUT2D eigenvalue weighted by molar-refractivity contribution is -0.146. The van der Waals surface area contributed by atoms with Crippen LogP contribution >= 0.6 is 0 Å². The van der Waals surface area contributed by atoms with Gasteiger partial charge in [0.25, 0.3) is 0 Å². The van der Waals surface area contributed by atoms with E-state index in [9.17, 15) is 13.2 Å². The van der Waals surface area contributed by atoms with Crippen molar-refractivity contribution in [1.29, 1.82) is 0 Å². The van der Waals surface area contributed by atoms with Crippen LogP contribution in [0.1, 0.15) is 18.5 Å². The van der Waals surface area contributed by atoms with E-state index >= 15 is 0 Å². The van der Waals surface area contributed by atoms with Crippen molar-refractivity contribution in [2.75, 3.05) is 37.6 Å². The molecule has 1 aliphatic rings. The number of aromatic nitrogens is 1. The molecular weight excluding hydrogens is 269 g/mol. The summed E-state index contributed by atoms with van der Waals surface area (Å²) in [6.07, 6.45) is -2.45. The number of pyridine rings is 1. The van der Waals surface area contributed by atoms with Gasteiger partial charge in [-0.15, -0.1) is 0 Å². The van der Waals surface area contributed by atoms with Crippen LogP contribution in [0.2, 0.25) is 0 Å². The van der Waals surface area contributed by atoms with Crippen LogP contribution in [0.5, 0.6) is 0 Å². The molecule has 0 spiro atoms. The number of nitrogens with two attached hydrogens (primary N) is 1. The van der Waals surface area contributed by atoms with Gasteiger partial charge in [-0.05, 0) is 13.0 Å². The second kappa shape index (κ2) is 5.97. The minimum atomic E-state index is -4.13. The molecule has 2 heterocycles. The highest BCUT2D eigenvalue weighted by molar-refractivity contribution is 5.48. The van der Waals surface area contributed by atoms with Gasteiger partial charge < -0.3 is 10.6 Å². The first-order valence-corrected chi connectivity index (χ1v) is 6.61. The lowest BCUT2D eigenvalue weighted by Crippen LogP contribution is -2.49. The molecule has 1 atom stereocenters. The Morgan fingerprint density at radius 2 is 1.95 bits per heavy atom. The second-order valence-electron chi connectivity index (χ2n) is 5.08. The van der Waals surface area contributed by atoms with Gasteiger partial charge in [0.15, 0.2) is 0 Å². The Bertz CT molecular complexity index is 439. The second-order valence-corrected chi connectivity index (χ2v) is 5.08. The standard InChI is InChI=1S/C13H19F3N4/c1-10(17)11-3-2-4-18-12(11)20-7-5-19(6-8-20)9-13(14,15)16/h2-4,10H,5-9,17H2,1H3/t10-/m1/s1. The fraction of sp³-hybridized carbons (Fsp3) is 0.615. The highest BCUT2D eigenvalue weighted by Gasteiger charge is 2.32. The number of nitrogens with zero attached hydrogens (tertiary/aromatic N) is 3. The summed E-state index contributed by atoms with van der Waals surface area (Å²) in [6.45, 7) is 2.87.